The smallest absolute Gasteiger partial charge is 0.144 e. The molecule has 2 fully saturated rings. The summed E-state index contributed by atoms with van der Waals surface area (Å²) in [5, 5.41) is 0. The monoisotopic (exact) mass is 210 g/mol. The molecule has 0 unspecified atom stereocenters. The van der Waals surface area contributed by atoms with E-state index in [0.29, 0.717) is 24.9 Å². The minimum atomic E-state index is -0.0839. The Morgan fingerprint density at radius 2 is 2.07 bits per heavy atom. The number of hydrogen-bond acceptors (Lipinski definition) is 2. The highest BCUT2D eigenvalue weighted by Crippen LogP contribution is 2.65. The normalized spacial score (nSPS) is 42.5. The van der Waals surface area contributed by atoms with E-state index >= 15 is 0 Å². The van der Waals surface area contributed by atoms with Crippen LogP contribution in [0.25, 0.3) is 0 Å². The van der Waals surface area contributed by atoms with E-state index in [1.54, 1.807) is 0 Å². The van der Waals surface area contributed by atoms with Crippen LogP contribution in [0.2, 0.25) is 0 Å². The molecule has 0 aromatic carbocycles. The highest BCUT2D eigenvalue weighted by atomic mass is 16.5. The zero-order chi connectivity index (χ0) is 11.3. The molecule has 2 nitrogen and oxygen atoms in total. The van der Waals surface area contributed by atoms with Gasteiger partial charge in [0.25, 0.3) is 0 Å². The number of Topliss-reactive ketones (excluding diaryl/α,β-unsaturated/α-hetero) is 1. The third-order valence-electron chi connectivity index (χ3n) is 5.17. The maximum Gasteiger partial charge on any atom is 0.144 e. The van der Waals surface area contributed by atoms with Crippen LogP contribution in [0.15, 0.2) is 0 Å². The van der Waals surface area contributed by atoms with Crippen LogP contribution in [0.3, 0.4) is 0 Å². The van der Waals surface area contributed by atoms with Crippen LogP contribution in [-0.4, -0.2) is 19.0 Å². The van der Waals surface area contributed by atoms with Gasteiger partial charge in [0.05, 0.1) is 6.61 Å². The second-order valence-electron chi connectivity index (χ2n) is 5.83. The van der Waals surface area contributed by atoms with Crippen LogP contribution in [-0.2, 0) is 9.53 Å². The summed E-state index contributed by atoms with van der Waals surface area (Å²) in [6, 6.07) is 0. The molecule has 0 radical (unpaired) electrons. The van der Waals surface area contributed by atoms with Crippen molar-refractivity contribution in [2.24, 2.45) is 22.7 Å². The summed E-state index contributed by atoms with van der Waals surface area (Å²) in [6.07, 6.45) is 2.28. The Balaban J connectivity index is 2.22. The van der Waals surface area contributed by atoms with E-state index in [9.17, 15) is 4.79 Å². The molecule has 3 atom stereocenters. The van der Waals surface area contributed by atoms with Gasteiger partial charge in [-0.1, -0.05) is 20.8 Å². The van der Waals surface area contributed by atoms with Crippen LogP contribution in [0.5, 0.6) is 0 Å². The average molecular weight is 210 g/mol. The SMILES string of the molecule is CCOC[C@H]1C(=O)[C@]2(C)CC[C@@H]1C2(C)C. The lowest BCUT2D eigenvalue weighted by atomic mass is 9.70. The number of carbonyl (C=O) groups is 1. The van der Waals surface area contributed by atoms with Gasteiger partial charge in [0.2, 0.25) is 0 Å². The van der Waals surface area contributed by atoms with Gasteiger partial charge in [0, 0.05) is 17.9 Å². The Morgan fingerprint density at radius 1 is 1.40 bits per heavy atom. The molecule has 0 saturated heterocycles. The number of rotatable bonds is 3. The summed E-state index contributed by atoms with van der Waals surface area (Å²) in [6.45, 7) is 10.0. The summed E-state index contributed by atoms with van der Waals surface area (Å²) in [4.78, 5) is 12.3. The van der Waals surface area contributed by atoms with Crippen LogP contribution in [0.4, 0.5) is 0 Å². The molecule has 2 saturated carbocycles. The molecule has 2 bridgehead atoms. The van der Waals surface area contributed by atoms with Gasteiger partial charge >= 0.3 is 0 Å². The predicted molar refractivity (Wildman–Crippen MR) is 59.6 cm³/mol. The van der Waals surface area contributed by atoms with E-state index in [0.717, 1.165) is 6.42 Å². The highest BCUT2D eigenvalue weighted by molar-refractivity contribution is 5.91. The van der Waals surface area contributed by atoms with E-state index in [2.05, 4.69) is 20.8 Å². The first kappa shape index (κ1) is 11.1. The van der Waals surface area contributed by atoms with Crippen LogP contribution in [0.1, 0.15) is 40.5 Å². The van der Waals surface area contributed by atoms with Crippen LogP contribution < -0.4 is 0 Å². The Hall–Kier alpha value is -0.370. The fourth-order valence-electron chi connectivity index (χ4n) is 3.71. The van der Waals surface area contributed by atoms with Crippen molar-refractivity contribution in [3.8, 4) is 0 Å². The second kappa shape index (κ2) is 3.31. The summed E-state index contributed by atoms with van der Waals surface area (Å²) in [7, 11) is 0. The molecule has 2 aliphatic rings. The fourth-order valence-corrected chi connectivity index (χ4v) is 3.71. The van der Waals surface area contributed by atoms with E-state index < -0.39 is 0 Å². The molecule has 0 aliphatic heterocycles. The first-order valence-electron chi connectivity index (χ1n) is 6.07. The molecule has 2 rings (SSSR count). The van der Waals surface area contributed by atoms with Crippen molar-refractivity contribution < 1.29 is 9.53 Å². The Kier molecular flexibility index (Phi) is 2.45. The molecular formula is C13H22O2. The molecule has 15 heavy (non-hydrogen) atoms. The zero-order valence-electron chi connectivity index (χ0n) is 10.3. The van der Waals surface area contributed by atoms with Gasteiger partial charge < -0.3 is 4.74 Å². The van der Waals surface area contributed by atoms with E-state index in [4.69, 9.17) is 4.74 Å². The first-order valence-corrected chi connectivity index (χ1v) is 6.07. The van der Waals surface area contributed by atoms with Crippen molar-refractivity contribution in [3.05, 3.63) is 0 Å². The molecule has 2 heteroatoms. The molecule has 0 spiro atoms. The number of fused-ring (bicyclic) bond motifs is 2. The molecule has 2 aliphatic carbocycles. The van der Waals surface area contributed by atoms with Gasteiger partial charge in [-0.25, -0.2) is 0 Å². The van der Waals surface area contributed by atoms with Crippen molar-refractivity contribution in [1.29, 1.82) is 0 Å². The predicted octanol–water partition coefficient (Wildman–Crippen LogP) is 2.66. The third-order valence-corrected chi connectivity index (χ3v) is 5.17. The Labute approximate surface area is 92.4 Å². The topological polar surface area (TPSA) is 26.3 Å². The molecular weight excluding hydrogens is 188 g/mol. The van der Waals surface area contributed by atoms with Gasteiger partial charge in [-0.15, -0.1) is 0 Å². The van der Waals surface area contributed by atoms with Gasteiger partial charge in [0.15, 0.2) is 0 Å². The Morgan fingerprint density at radius 3 is 2.53 bits per heavy atom. The molecule has 86 valence electrons. The van der Waals surface area contributed by atoms with E-state index in [1.165, 1.54) is 6.42 Å². The summed E-state index contributed by atoms with van der Waals surface area (Å²) < 4.78 is 5.46. The lowest BCUT2D eigenvalue weighted by Crippen LogP contribution is -2.34. The van der Waals surface area contributed by atoms with Crippen molar-refractivity contribution >= 4 is 5.78 Å². The minimum absolute atomic E-state index is 0.0839. The quantitative estimate of drug-likeness (QED) is 0.716. The summed E-state index contributed by atoms with van der Waals surface area (Å²) in [5.41, 5.74) is 0.0886. The Bertz CT molecular complexity index is 282. The standard InChI is InChI=1S/C13H22O2/c1-5-15-8-9-10-6-7-13(4,11(9)14)12(10,2)3/h9-10H,5-8H2,1-4H3/t9-,10+,13+/m1/s1. The lowest BCUT2D eigenvalue weighted by molar-refractivity contribution is -0.133. The van der Waals surface area contributed by atoms with Crippen molar-refractivity contribution in [2.75, 3.05) is 13.2 Å². The third kappa shape index (κ3) is 1.24. The van der Waals surface area contributed by atoms with Crippen LogP contribution >= 0.6 is 0 Å². The fraction of sp³-hybridized carbons (Fsp3) is 0.923. The second-order valence-corrected chi connectivity index (χ2v) is 5.83. The minimum Gasteiger partial charge on any atom is -0.381 e. The number of carbonyl (C=O) groups excluding carboxylic acids is 1. The van der Waals surface area contributed by atoms with Gasteiger partial charge in [-0.3, -0.25) is 4.79 Å². The zero-order valence-corrected chi connectivity index (χ0v) is 10.3. The number of ether oxygens (including phenoxy) is 1. The molecule has 0 amide bonds. The van der Waals surface area contributed by atoms with E-state index in [-0.39, 0.29) is 16.7 Å². The van der Waals surface area contributed by atoms with Crippen molar-refractivity contribution in [1.82, 2.24) is 0 Å². The van der Waals surface area contributed by atoms with Gasteiger partial charge in [-0.2, -0.15) is 0 Å². The lowest BCUT2D eigenvalue weighted by Gasteiger charge is -2.32. The average Bonchev–Trinajstić information content (AvgIpc) is 2.48. The molecule has 0 aromatic heterocycles. The van der Waals surface area contributed by atoms with Gasteiger partial charge in [0.1, 0.15) is 5.78 Å². The van der Waals surface area contributed by atoms with Crippen molar-refractivity contribution in [3.63, 3.8) is 0 Å². The molecule has 0 N–H and O–H groups in total. The molecule has 0 aromatic rings. The van der Waals surface area contributed by atoms with Gasteiger partial charge in [-0.05, 0) is 31.1 Å². The maximum absolute atomic E-state index is 12.3. The highest BCUT2D eigenvalue weighted by Gasteiger charge is 2.65. The largest absolute Gasteiger partial charge is 0.381 e. The summed E-state index contributed by atoms with van der Waals surface area (Å²) >= 11 is 0. The maximum atomic E-state index is 12.3. The summed E-state index contributed by atoms with van der Waals surface area (Å²) in [5.74, 6) is 1.16. The van der Waals surface area contributed by atoms with E-state index in [1.807, 2.05) is 6.92 Å². The van der Waals surface area contributed by atoms with Crippen molar-refractivity contribution in [2.45, 2.75) is 40.5 Å². The molecule has 0 heterocycles. The number of ketones is 1. The first-order chi connectivity index (χ1) is 6.95. The van der Waals surface area contributed by atoms with Crippen LogP contribution in [0, 0.1) is 22.7 Å². The number of hydrogen-bond donors (Lipinski definition) is 0.